The molecule has 0 saturated heterocycles. The van der Waals surface area contributed by atoms with Gasteiger partial charge in [-0.1, -0.05) is 27.7 Å². The molecule has 1 unspecified atom stereocenters. The number of nitrogens with two attached hydrogens (primary N) is 2. The summed E-state index contributed by atoms with van der Waals surface area (Å²) in [6, 6.07) is -0.831. The molecule has 2 amide bonds. The molecular formula is C14H30N4O2. The van der Waals surface area contributed by atoms with Gasteiger partial charge in [0.2, 0.25) is 11.8 Å². The first-order valence-corrected chi connectivity index (χ1v) is 7.36. The van der Waals surface area contributed by atoms with Crippen molar-refractivity contribution in [1.29, 1.82) is 0 Å². The molecule has 0 heterocycles. The monoisotopic (exact) mass is 286 g/mol. The lowest BCUT2D eigenvalue weighted by molar-refractivity contribution is -0.135. The summed E-state index contributed by atoms with van der Waals surface area (Å²) < 4.78 is 0. The SMILES string of the molecule is CCN(CC)CCN(CC(C)C)C(=O)C(N)CC(N)=O. The Hall–Kier alpha value is -1.14. The van der Waals surface area contributed by atoms with Gasteiger partial charge < -0.3 is 21.3 Å². The molecule has 0 aliphatic rings. The first-order valence-electron chi connectivity index (χ1n) is 7.36. The van der Waals surface area contributed by atoms with Gasteiger partial charge in [0.25, 0.3) is 0 Å². The van der Waals surface area contributed by atoms with E-state index in [0.717, 1.165) is 19.6 Å². The van der Waals surface area contributed by atoms with Gasteiger partial charge in [0.1, 0.15) is 0 Å². The lowest BCUT2D eigenvalue weighted by atomic mass is 10.1. The van der Waals surface area contributed by atoms with Crippen molar-refractivity contribution in [1.82, 2.24) is 9.80 Å². The fourth-order valence-corrected chi connectivity index (χ4v) is 2.07. The van der Waals surface area contributed by atoms with E-state index in [4.69, 9.17) is 11.5 Å². The van der Waals surface area contributed by atoms with Crippen molar-refractivity contribution in [3.8, 4) is 0 Å². The van der Waals surface area contributed by atoms with Crippen LogP contribution in [0.4, 0.5) is 0 Å². The molecule has 0 fully saturated rings. The Bertz CT molecular complexity index is 304. The maximum absolute atomic E-state index is 12.3. The molecule has 0 rings (SSSR count). The van der Waals surface area contributed by atoms with E-state index < -0.39 is 11.9 Å². The molecular weight excluding hydrogens is 256 g/mol. The van der Waals surface area contributed by atoms with Crippen LogP contribution >= 0.6 is 0 Å². The van der Waals surface area contributed by atoms with Crippen LogP contribution in [0.15, 0.2) is 0 Å². The molecule has 0 aromatic heterocycles. The van der Waals surface area contributed by atoms with Crippen molar-refractivity contribution in [2.75, 3.05) is 32.7 Å². The minimum Gasteiger partial charge on any atom is -0.370 e. The number of rotatable bonds is 10. The molecule has 0 aromatic carbocycles. The van der Waals surface area contributed by atoms with Crippen LogP contribution in [0.5, 0.6) is 0 Å². The van der Waals surface area contributed by atoms with E-state index in [-0.39, 0.29) is 12.3 Å². The maximum Gasteiger partial charge on any atom is 0.240 e. The van der Waals surface area contributed by atoms with Crippen molar-refractivity contribution in [3.05, 3.63) is 0 Å². The Morgan fingerprint density at radius 3 is 2.05 bits per heavy atom. The van der Waals surface area contributed by atoms with Crippen LogP contribution in [0.3, 0.4) is 0 Å². The standard InChI is InChI=1S/C14H30N4O2/c1-5-17(6-2)7-8-18(10-11(3)4)14(20)12(15)9-13(16)19/h11-12H,5-10,15H2,1-4H3,(H2,16,19). The maximum atomic E-state index is 12.3. The number of carbonyl (C=O) groups excluding carboxylic acids is 2. The molecule has 0 aliphatic heterocycles. The van der Waals surface area contributed by atoms with Crippen LogP contribution in [-0.2, 0) is 9.59 Å². The molecule has 20 heavy (non-hydrogen) atoms. The second-order valence-corrected chi connectivity index (χ2v) is 5.48. The third-order valence-electron chi connectivity index (χ3n) is 3.22. The second-order valence-electron chi connectivity index (χ2n) is 5.48. The van der Waals surface area contributed by atoms with Crippen LogP contribution in [0.2, 0.25) is 0 Å². The minimum atomic E-state index is -0.831. The van der Waals surface area contributed by atoms with Gasteiger partial charge in [0.05, 0.1) is 12.5 Å². The van der Waals surface area contributed by atoms with E-state index in [9.17, 15) is 9.59 Å². The number of carbonyl (C=O) groups is 2. The first-order chi connectivity index (χ1) is 9.31. The number of nitrogens with zero attached hydrogens (tertiary/aromatic N) is 2. The average Bonchev–Trinajstić information content (AvgIpc) is 2.36. The molecule has 118 valence electrons. The van der Waals surface area contributed by atoms with Crippen molar-refractivity contribution in [2.45, 2.75) is 40.2 Å². The van der Waals surface area contributed by atoms with Crippen molar-refractivity contribution < 1.29 is 9.59 Å². The predicted molar refractivity (Wildman–Crippen MR) is 81.0 cm³/mol. The van der Waals surface area contributed by atoms with Gasteiger partial charge in [0.15, 0.2) is 0 Å². The largest absolute Gasteiger partial charge is 0.370 e. The Morgan fingerprint density at radius 2 is 1.65 bits per heavy atom. The Labute approximate surface area is 122 Å². The Kier molecular flexibility index (Phi) is 9.16. The molecule has 4 N–H and O–H groups in total. The molecule has 0 spiro atoms. The smallest absolute Gasteiger partial charge is 0.240 e. The number of primary amides is 1. The highest BCUT2D eigenvalue weighted by Gasteiger charge is 2.23. The zero-order chi connectivity index (χ0) is 15.7. The van der Waals surface area contributed by atoms with Gasteiger partial charge in [0, 0.05) is 19.6 Å². The van der Waals surface area contributed by atoms with Crippen LogP contribution < -0.4 is 11.5 Å². The second kappa shape index (κ2) is 9.72. The van der Waals surface area contributed by atoms with Crippen molar-refractivity contribution in [2.24, 2.45) is 17.4 Å². The highest BCUT2D eigenvalue weighted by molar-refractivity contribution is 5.87. The van der Waals surface area contributed by atoms with E-state index in [1.54, 1.807) is 4.90 Å². The summed E-state index contributed by atoms with van der Waals surface area (Å²) in [4.78, 5) is 27.2. The molecule has 0 radical (unpaired) electrons. The normalized spacial score (nSPS) is 12.8. The van der Waals surface area contributed by atoms with Crippen LogP contribution in [0.25, 0.3) is 0 Å². The number of amides is 2. The molecule has 1 atom stereocenters. The van der Waals surface area contributed by atoms with E-state index in [1.165, 1.54) is 0 Å². The predicted octanol–water partition coefficient (Wildman–Crippen LogP) is 0.0155. The lowest BCUT2D eigenvalue weighted by Gasteiger charge is -2.29. The highest BCUT2D eigenvalue weighted by atomic mass is 16.2. The van der Waals surface area contributed by atoms with Gasteiger partial charge in [-0.2, -0.15) is 0 Å². The van der Waals surface area contributed by atoms with E-state index in [0.29, 0.717) is 19.0 Å². The summed E-state index contributed by atoms with van der Waals surface area (Å²) in [5.41, 5.74) is 10.9. The number of likely N-dealkylation sites (N-methyl/N-ethyl adjacent to an activating group) is 1. The lowest BCUT2D eigenvalue weighted by Crippen LogP contribution is -2.49. The molecule has 6 heteroatoms. The molecule has 0 aliphatic carbocycles. The molecule has 0 saturated carbocycles. The van der Waals surface area contributed by atoms with Gasteiger partial charge in [-0.3, -0.25) is 9.59 Å². The zero-order valence-corrected chi connectivity index (χ0v) is 13.3. The third-order valence-corrected chi connectivity index (χ3v) is 3.22. The summed E-state index contributed by atoms with van der Waals surface area (Å²) >= 11 is 0. The van der Waals surface area contributed by atoms with E-state index in [1.807, 2.05) is 0 Å². The van der Waals surface area contributed by atoms with Gasteiger partial charge in [-0.25, -0.2) is 0 Å². The molecule has 0 bridgehead atoms. The fourth-order valence-electron chi connectivity index (χ4n) is 2.07. The minimum absolute atomic E-state index is 0.0985. The quantitative estimate of drug-likeness (QED) is 0.592. The third kappa shape index (κ3) is 7.45. The van der Waals surface area contributed by atoms with Crippen molar-refractivity contribution >= 4 is 11.8 Å². The summed E-state index contributed by atoms with van der Waals surface area (Å²) in [5.74, 6) is -0.375. The van der Waals surface area contributed by atoms with Crippen LogP contribution in [0, 0.1) is 5.92 Å². The number of hydrogen-bond acceptors (Lipinski definition) is 4. The summed E-state index contributed by atoms with van der Waals surface area (Å²) in [6.07, 6.45) is -0.0985. The summed E-state index contributed by atoms with van der Waals surface area (Å²) in [5, 5.41) is 0. The van der Waals surface area contributed by atoms with Crippen LogP contribution in [-0.4, -0.2) is 60.4 Å². The van der Waals surface area contributed by atoms with E-state index in [2.05, 4.69) is 32.6 Å². The summed E-state index contributed by atoms with van der Waals surface area (Å²) in [7, 11) is 0. The molecule has 6 nitrogen and oxygen atoms in total. The highest BCUT2D eigenvalue weighted by Crippen LogP contribution is 2.04. The topological polar surface area (TPSA) is 92.7 Å². The molecule has 0 aromatic rings. The van der Waals surface area contributed by atoms with Gasteiger partial charge >= 0.3 is 0 Å². The fraction of sp³-hybridized carbons (Fsp3) is 0.857. The van der Waals surface area contributed by atoms with Gasteiger partial charge in [-0.05, 0) is 19.0 Å². The van der Waals surface area contributed by atoms with Crippen molar-refractivity contribution in [3.63, 3.8) is 0 Å². The summed E-state index contributed by atoms with van der Waals surface area (Å²) in [6.45, 7) is 12.3. The average molecular weight is 286 g/mol. The Morgan fingerprint density at radius 1 is 1.10 bits per heavy atom. The first kappa shape index (κ1) is 18.9. The van der Waals surface area contributed by atoms with Crippen LogP contribution in [0.1, 0.15) is 34.1 Å². The van der Waals surface area contributed by atoms with Gasteiger partial charge in [-0.15, -0.1) is 0 Å². The zero-order valence-electron chi connectivity index (χ0n) is 13.3. The van der Waals surface area contributed by atoms with E-state index >= 15 is 0 Å². The number of hydrogen-bond donors (Lipinski definition) is 2. The Balaban J connectivity index is 4.61.